The molecule has 2 aromatic carbocycles. The lowest BCUT2D eigenvalue weighted by atomic mass is 9.94. The number of halogens is 3. The van der Waals surface area contributed by atoms with E-state index in [0.717, 1.165) is 23.3 Å². The zero-order valence-electron chi connectivity index (χ0n) is 11.1. The summed E-state index contributed by atoms with van der Waals surface area (Å²) in [5.41, 5.74) is 7.87. The Morgan fingerprint density at radius 3 is 2.25 bits per heavy atom. The lowest BCUT2D eigenvalue weighted by molar-refractivity contribution is -0.137. The highest BCUT2D eigenvalue weighted by Crippen LogP contribution is 2.31. The summed E-state index contributed by atoms with van der Waals surface area (Å²) in [6, 6.07) is 13.1. The summed E-state index contributed by atoms with van der Waals surface area (Å²) in [6.07, 6.45) is -3.71. The minimum Gasteiger partial charge on any atom is -0.324 e. The molecule has 0 heterocycles. The van der Waals surface area contributed by atoms with Gasteiger partial charge in [0.25, 0.3) is 0 Å². The fourth-order valence-electron chi connectivity index (χ4n) is 2.25. The maximum absolute atomic E-state index is 12.6. The van der Waals surface area contributed by atoms with Gasteiger partial charge in [0.1, 0.15) is 0 Å². The predicted molar refractivity (Wildman–Crippen MR) is 73.3 cm³/mol. The lowest BCUT2D eigenvalue weighted by Gasteiger charge is -2.17. The van der Waals surface area contributed by atoms with Crippen molar-refractivity contribution < 1.29 is 13.2 Å². The molecule has 0 spiro atoms. The molecule has 0 radical (unpaired) electrons. The van der Waals surface area contributed by atoms with Gasteiger partial charge in [0.15, 0.2) is 0 Å². The number of hydrogen-bond donors (Lipinski definition) is 1. The van der Waals surface area contributed by atoms with Crippen LogP contribution in [0.2, 0.25) is 0 Å². The largest absolute Gasteiger partial charge is 0.416 e. The molecule has 0 bridgehead atoms. The third-order valence-corrected chi connectivity index (χ3v) is 3.30. The van der Waals surface area contributed by atoms with Crippen molar-refractivity contribution in [3.63, 3.8) is 0 Å². The zero-order chi connectivity index (χ0) is 14.8. The smallest absolute Gasteiger partial charge is 0.324 e. The summed E-state index contributed by atoms with van der Waals surface area (Å²) < 4.78 is 37.8. The number of rotatable bonds is 3. The highest BCUT2D eigenvalue weighted by molar-refractivity contribution is 5.35. The van der Waals surface area contributed by atoms with Crippen molar-refractivity contribution in [3.8, 4) is 0 Å². The van der Waals surface area contributed by atoms with E-state index in [-0.39, 0.29) is 6.04 Å². The van der Waals surface area contributed by atoms with E-state index in [4.69, 9.17) is 5.73 Å². The molecule has 106 valence electrons. The summed E-state index contributed by atoms with van der Waals surface area (Å²) in [6.45, 7) is 1.66. The maximum Gasteiger partial charge on any atom is 0.416 e. The van der Waals surface area contributed by atoms with Crippen molar-refractivity contribution in [2.45, 2.75) is 25.6 Å². The van der Waals surface area contributed by atoms with Gasteiger partial charge in [0, 0.05) is 6.04 Å². The van der Waals surface area contributed by atoms with E-state index in [1.54, 1.807) is 6.92 Å². The molecule has 0 aliphatic rings. The number of alkyl halides is 3. The molecular formula is C16H16F3N. The van der Waals surface area contributed by atoms with Crippen LogP contribution in [0.25, 0.3) is 0 Å². The van der Waals surface area contributed by atoms with E-state index < -0.39 is 11.7 Å². The first-order chi connectivity index (χ1) is 9.38. The summed E-state index contributed by atoms with van der Waals surface area (Å²) in [5, 5.41) is 0. The lowest BCUT2D eigenvalue weighted by Crippen LogP contribution is -2.15. The van der Waals surface area contributed by atoms with Gasteiger partial charge < -0.3 is 5.73 Å². The molecule has 2 aromatic rings. The molecule has 0 fully saturated rings. The van der Waals surface area contributed by atoms with Crippen LogP contribution in [0.1, 0.15) is 28.3 Å². The van der Waals surface area contributed by atoms with Crippen LogP contribution in [0.15, 0.2) is 48.5 Å². The molecule has 0 saturated carbocycles. The van der Waals surface area contributed by atoms with Crippen LogP contribution in [-0.4, -0.2) is 0 Å². The predicted octanol–water partition coefficient (Wildman–Crippen LogP) is 4.26. The van der Waals surface area contributed by atoms with Gasteiger partial charge in [-0.15, -0.1) is 0 Å². The van der Waals surface area contributed by atoms with E-state index in [1.807, 2.05) is 30.3 Å². The van der Waals surface area contributed by atoms with E-state index >= 15 is 0 Å². The van der Waals surface area contributed by atoms with Crippen LogP contribution in [0.5, 0.6) is 0 Å². The Hall–Kier alpha value is -1.81. The van der Waals surface area contributed by atoms with Crippen molar-refractivity contribution in [2.24, 2.45) is 5.73 Å². The molecule has 0 aliphatic carbocycles. The molecule has 0 aliphatic heterocycles. The number of nitrogens with two attached hydrogens (primary N) is 1. The maximum atomic E-state index is 12.6. The zero-order valence-corrected chi connectivity index (χ0v) is 11.1. The fourth-order valence-corrected chi connectivity index (χ4v) is 2.25. The van der Waals surface area contributed by atoms with Crippen molar-refractivity contribution in [3.05, 3.63) is 70.8 Å². The van der Waals surface area contributed by atoms with E-state index in [1.165, 1.54) is 6.07 Å². The quantitative estimate of drug-likeness (QED) is 0.892. The highest BCUT2D eigenvalue weighted by atomic mass is 19.4. The molecule has 20 heavy (non-hydrogen) atoms. The Morgan fingerprint density at radius 2 is 1.70 bits per heavy atom. The van der Waals surface area contributed by atoms with Gasteiger partial charge in [-0.25, -0.2) is 0 Å². The Balaban J connectivity index is 2.21. The molecule has 1 atom stereocenters. The van der Waals surface area contributed by atoms with Crippen LogP contribution < -0.4 is 5.73 Å². The van der Waals surface area contributed by atoms with Gasteiger partial charge >= 0.3 is 6.18 Å². The molecule has 0 amide bonds. The fraction of sp³-hybridized carbons (Fsp3) is 0.250. The topological polar surface area (TPSA) is 26.0 Å². The normalized spacial score (nSPS) is 13.2. The van der Waals surface area contributed by atoms with Crippen molar-refractivity contribution >= 4 is 0 Å². The average molecular weight is 279 g/mol. The van der Waals surface area contributed by atoms with Gasteiger partial charge in [0.05, 0.1) is 5.56 Å². The molecule has 1 nitrogen and oxygen atoms in total. The molecule has 1 unspecified atom stereocenters. The van der Waals surface area contributed by atoms with Crippen LogP contribution in [0.3, 0.4) is 0 Å². The minimum absolute atomic E-state index is 0.306. The number of hydrogen-bond acceptors (Lipinski definition) is 1. The Bertz CT molecular complexity index is 576. The Kier molecular flexibility index (Phi) is 4.14. The monoisotopic (exact) mass is 279 g/mol. The Labute approximate surface area is 116 Å². The highest BCUT2D eigenvalue weighted by Gasteiger charge is 2.30. The summed E-state index contributed by atoms with van der Waals surface area (Å²) in [5.74, 6) is 0. The van der Waals surface area contributed by atoms with Crippen molar-refractivity contribution in [1.82, 2.24) is 0 Å². The van der Waals surface area contributed by atoms with E-state index in [9.17, 15) is 13.2 Å². The second-order valence-corrected chi connectivity index (χ2v) is 4.87. The van der Waals surface area contributed by atoms with Gasteiger partial charge in [-0.1, -0.05) is 36.4 Å². The molecule has 0 aromatic heterocycles. The summed E-state index contributed by atoms with van der Waals surface area (Å²) >= 11 is 0. The van der Waals surface area contributed by atoms with Crippen LogP contribution in [0, 0.1) is 6.92 Å². The third kappa shape index (κ3) is 3.39. The minimum atomic E-state index is -4.31. The number of aryl methyl sites for hydroxylation is 1. The average Bonchev–Trinajstić information content (AvgIpc) is 2.38. The molecule has 2 N–H and O–H groups in total. The van der Waals surface area contributed by atoms with Crippen LogP contribution in [0.4, 0.5) is 13.2 Å². The van der Waals surface area contributed by atoms with E-state index in [2.05, 4.69) is 0 Å². The number of benzene rings is 2. The summed E-state index contributed by atoms with van der Waals surface area (Å²) in [4.78, 5) is 0. The van der Waals surface area contributed by atoms with Crippen molar-refractivity contribution in [2.75, 3.05) is 0 Å². The van der Waals surface area contributed by atoms with Crippen LogP contribution >= 0.6 is 0 Å². The van der Waals surface area contributed by atoms with Gasteiger partial charge in [-0.05, 0) is 42.2 Å². The third-order valence-electron chi connectivity index (χ3n) is 3.30. The Morgan fingerprint density at radius 1 is 1.05 bits per heavy atom. The molecule has 4 heteroatoms. The van der Waals surface area contributed by atoms with Gasteiger partial charge in [-0.3, -0.25) is 0 Å². The molecule has 0 saturated heterocycles. The van der Waals surface area contributed by atoms with Crippen LogP contribution in [-0.2, 0) is 12.6 Å². The van der Waals surface area contributed by atoms with Gasteiger partial charge in [-0.2, -0.15) is 13.2 Å². The van der Waals surface area contributed by atoms with Crippen molar-refractivity contribution in [1.29, 1.82) is 0 Å². The molecule has 2 rings (SSSR count). The molecular weight excluding hydrogens is 263 g/mol. The first-order valence-corrected chi connectivity index (χ1v) is 6.35. The van der Waals surface area contributed by atoms with E-state index in [0.29, 0.717) is 12.0 Å². The summed E-state index contributed by atoms with van der Waals surface area (Å²) in [7, 11) is 0. The standard InChI is InChI=1S/C16H16F3N/c1-11-9-13(16(17,18)19)7-8-14(11)15(20)10-12-5-3-2-4-6-12/h2-9,15H,10,20H2,1H3. The first-order valence-electron chi connectivity index (χ1n) is 6.35. The first kappa shape index (κ1) is 14.6. The second-order valence-electron chi connectivity index (χ2n) is 4.87. The van der Waals surface area contributed by atoms with Gasteiger partial charge in [0.2, 0.25) is 0 Å². The SMILES string of the molecule is Cc1cc(C(F)(F)F)ccc1C(N)Cc1ccccc1. The second kappa shape index (κ2) is 5.67.